The predicted molar refractivity (Wildman–Crippen MR) is 107 cm³/mol. The molecule has 2 heterocycles. The fourth-order valence-electron chi connectivity index (χ4n) is 2.66. The van der Waals surface area contributed by atoms with Crippen LogP contribution in [0.15, 0.2) is 35.8 Å². The molecular weight excluding hydrogens is 502 g/mol. The number of sulfone groups is 1. The number of carboxylic acid groups (broad SMARTS) is 2. The number of aliphatic carboxylic acids is 2. The lowest BCUT2D eigenvalue weighted by atomic mass is 9.98. The van der Waals surface area contributed by atoms with Crippen LogP contribution in [0.4, 0.5) is 26.3 Å². The van der Waals surface area contributed by atoms with Crippen molar-refractivity contribution in [2.45, 2.75) is 37.8 Å². The summed E-state index contributed by atoms with van der Waals surface area (Å²) in [5, 5.41) is 14.2. The molecule has 0 amide bonds. The monoisotopic (exact) mass is 524 g/mol. The topological polar surface area (TPSA) is 145 Å². The number of nitrogens with one attached hydrogen (secondary N) is 1. The number of hydrogen-bond donors (Lipinski definition) is 3. The average Bonchev–Trinajstić information content (AvgIpc) is 2.96. The summed E-state index contributed by atoms with van der Waals surface area (Å²) >= 11 is 0. The molecule has 1 atom stereocenters. The van der Waals surface area contributed by atoms with Crippen molar-refractivity contribution < 1.29 is 54.6 Å². The molecule has 0 aliphatic carbocycles. The molecule has 194 valence electrons. The van der Waals surface area contributed by atoms with Crippen molar-refractivity contribution in [3.63, 3.8) is 0 Å². The van der Waals surface area contributed by atoms with Crippen molar-refractivity contribution in [1.29, 1.82) is 0 Å². The molecule has 1 saturated heterocycles. The highest BCUT2D eigenvalue weighted by Gasteiger charge is 2.42. The van der Waals surface area contributed by atoms with Crippen molar-refractivity contribution in [3.8, 4) is 0 Å². The third-order valence-electron chi connectivity index (χ3n) is 4.34. The number of pyridine rings is 1. The van der Waals surface area contributed by atoms with Crippen LogP contribution in [0.1, 0.15) is 18.9 Å². The van der Waals surface area contributed by atoms with Crippen molar-refractivity contribution in [3.05, 3.63) is 46.9 Å². The average molecular weight is 524 g/mol. The highest BCUT2D eigenvalue weighted by atomic mass is 32.2. The van der Waals surface area contributed by atoms with Crippen LogP contribution >= 0.6 is 0 Å². The van der Waals surface area contributed by atoms with Crippen molar-refractivity contribution in [2.75, 3.05) is 18.1 Å². The summed E-state index contributed by atoms with van der Waals surface area (Å²) in [6, 6.07) is 3.54. The fourth-order valence-corrected chi connectivity index (χ4v) is 4.83. The molecule has 2 rings (SSSR count). The summed E-state index contributed by atoms with van der Waals surface area (Å²) in [7, 11) is -2.98. The number of halogens is 6. The quantitative estimate of drug-likeness (QED) is 0.393. The van der Waals surface area contributed by atoms with E-state index in [9.17, 15) is 39.6 Å². The SMILES string of the molecule is C=CCN(Cc1ccc[nH]c1=O)C1(C)CCS(=O)(=O)C1.O=C(O)C(F)(F)F.O=C(O)C(F)(F)F. The number of aromatic nitrogens is 1. The second kappa shape index (κ2) is 12.0. The van der Waals surface area contributed by atoms with E-state index >= 15 is 0 Å². The lowest BCUT2D eigenvalue weighted by Gasteiger charge is -2.36. The molecule has 0 aromatic carbocycles. The maximum atomic E-state index is 11.8. The largest absolute Gasteiger partial charge is 0.490 e. The summed E-state index contributed by atoms with van der Waals surface area (Å²) in [5.74, 6) is -5.17. The Balaban J connectivity index is 0.000000642. The minimum absolute atomic E-state index is 0.133. The van der Waals surface area contributed by atoms with E-state index in [2.05, 4.69) is 11.6 Å². The van der Waals surface area contributed by atoms with Gasteiger partial charge in [-0.15, -0.1) is 6.58 Å². The normalized spacial score (nSPS) is 19.3. The van der Waals surface area contributed by atoms with E-state index in [4.69, 9.17) is 19.8 Å². The van der Waals surface area contributed by atoms with Crippen LogP contribution in [0.2, 0.25) is 0 Å². The Morgan fingerprint density at radius 2 is 1.65 bits per heavy atom. The molecule has 0 bridgehead atoms. The molecule has 9 nitrogen and oxygen atoms in total. The Morgan fingerprint density at radius 3 is 1.97 bits per heavy atom. The van der Waals surface area contributed by atoms with Gasteiger partial charge in [0.2, 0.25) is 0 Å². The second-order valence-electron chi connectivity index (χ2n) is 7.14. The summed E-state index contributed by atoms with van der Waals surface area (Å²) in [4.78, 5) is 34.2. The van der Waals surface area contributed by atoms with E-state index in [0.29, 0.717) is 25.1 Å². The van der Waals surface area contributed by atoms with Crippen molar-refractivity contribution in [2.24, 2.45) is 0 Å². The van der Waals surface area contributed by atoms with E-state index in [1.807, 2.05) is 11.8 Å². The van der Waals surface area contributed by atoms with Gasteiger partial charge in [-0.25, -0.2) is 18.0 Å². The molecule has 3 N–H and O–H groups in total. The summed E-state index contributed by atoms with van der Waals surface area (Å²) in [6.45, 7) is 6.65. The molecule has 34 heavy (non-hydrogen) atoms. The molecular formula is C18H22F6N2O7S. The van der Waals surface area contributed by atoms with Crippen LogP contribution in [0.25, 0.3) is 0 Å². The summed E-state index contributed by atoms with van der Waals surface area (Å²) in [5.41, 5.74) is 0.0702. The van der Waals surface area contributed by atoms with Gasteiger partial charge >= 0.3 is 24.3 Å². The first-order chi connectivity index (χ1) is 15.2. The van der Waals surface area contributed by atoms with E-state index < -0.39 is 39.7 Å². The second-order valence-corrected chi connectivity index (χ2v) is 9.32. The third kappa shape index (κ3) is 10.8. The first-order valence-corrected chi connectivity index (χ1v) is 10.9. The van der Waals surface area contributed by atoms with Crippen LogP contribution in [-0.4, -0.2) is 76.4 Å². The van der Waals surface area contributed by atoms with Gasteiger partial charge in [0.1, 0.15) is 0 Å². The van der Waals surface area contributed by atoms with Crippen LogP contribution in [0.5, 0.6) is 0 Å². The number of aromatic amines is 1. The summed E-state index contributed by atoms with van der Waals surface area (Å²) in [6.07, 6.45) is -6.24. The predicted octanol–water partition coefficient (Wildman–Crippen LogP) is 2.21. The van der Waals surface area contributed by atoms with Gasteiger partial charge in [-0.1, -0.05) is 12.1 Å². The fraction of sp³-hybridized carbons (Fsp3) is 0.500. The highest BCUT2D eigenvalue weighted by Crippen LogP contribution is 2.30. The van der Waals surface area contributed by atoms with Gasteiger partial charge in [0, 0.05) is 30.4 Å². The Kier molecular flexibility index (Phi) is 11.0. The zero-order valence-corrected chi connectivity index (χ0v) is 18.4. The highest BCUT2D eigenvalue weighted by molar-refractivity contribution is 7.91. The first-order valence-electron chi connectivity index (χ1n) is 9.08. The Bertz CT molecular complexity index is 997. The Hall–Kier alpha value is -2.88. The minimum Gasteiger partial charge on any atom is -0.475 e. The number of carboxylic acids is 2. The van der Waals surface area contributed by atoms with E-state index in [1.165, 1.54) is 0 Å². The number of H-pyrrole nitrogens is 1. The number of hydrogen-bond acceptors (Lipinski definition) is 6. The zero-order valence-electron chi connectivity index (χ0n) is 17.6. The van der Waals surface area contributed by atoms with Crippen LogP contribution in [-0.2, 0) is 26.0 Å². The molecule has 0 spiro atoms. The standard InChI is InChI=1S/C14H20N2O3S.2C2HF3O2/c1-3-8-16(10-12-5-4-7-15-13(12)17)14(2)6-9-20(18,19)11-14;2*3-2(4,5)1(6)7/h3-5,7H,1,6,8-11H2,2H3,(H,15,17);2*(H,6,7). The minimum atomic E-state index is -5.08. The van der Waals surface area contributed by atoms with Crippen LogP contribution in [0, 0.1) is 0 Å². The van der Waals surface area contributed by atoms with Gasteiger partial charge in [0.15, 0.2) is 9.84 Å². The molecule has 1 fully saturated rings. The van der Waals surface area contributed by atoms with Gasteiger partial charge in [0.25, 0.3) is 5.56 Å². The molecule has 1 aliphatic rings. The smallest absolute Gasteiger partial charge is 0.475 e. The lowest BCUT2D eigenvalue weighted by Crippen LogP contribution is -2.47. The number of rotatable bonds is 5. The number of nitrogens with zero attached hydrogens (tertiary/aromatic N) is 1. The first kappa shape index (κ1) is 31.1. The third-order valence-corrected chi connectivity index (χ3v) is 6.23. The maximum Gasteiger partial charge on any atom is 0.490 e. The Labute approximate surface area is 189 Å². The molecule has 1 aliphatic heterocycles. The van der Waals surface area contributed by atoms with Gasteiger partial charge in [-0.2, -0.15) is 26.3 Å². The number of carbonyl (C=O) groups is 2. The maximum absolute atomic E-state index is 11.8. The molecule has 1 unspecified atom stereocenters. The molecule has 0 radical (unpaired) electrons. The Morgan fingerprint density at radius 1 is 1.18 bits per heavy atom. The van der Waals surface area contributed by atoms with Crippen molar-refractivity contribution in [1.82, 2.24) is 9.88 Å². The zero-order chi connectivity index (χ0) is 27.0. The molecule has 1 aromatic rings. The van der Waals surface area contributed by atoms with Gasteiger partial charge in [0.05, 0.1) is 11.5 Å². The summed E-state index contributed by atoms with van der Waals surface area (Å²) < 4.78 is 87.0. The molecule has 1 aromatic heterocycles. The van der Waals surface area contributed by atoms with Crippen LogP contribution in [0.3, 0.4) is 0 Å². The lowest BCUT2D eigenvalue weighted by molar-refractivity contribution is -0.193. The van der Waals surface area contributed by atoms with Gasteiger partial charge < -0.3 is 15.2 Å². The number of alkyl halides is 6. The molecule has 0 saturated carbocycles. The molecule has 16 heteroatoms. The van der Waals surface area contributed by atoms with Gasteiger partial charge in [-0.3, -0.25) is 9.69 Å². The van der Waals surface area contributed by atoms with Gasteiger partial charge in [-0.05, 0) is 19.4 Å². The van der Waals surface area contributed by atoms with E-state index in [1.54, 1.807) is 24.4 Å². The van der Waals surface area contributed by atoms with Crippen LogP contribution < -0.4 is 5.56 Å². The van der Waals surface area contributed by atoms with E-state index in [-0.39, 0.29) is 17.1 Å². The van der Waals surface area contributed by atoms with Crippen molar-refractivity contribution >= 4 is 21.8 Å². The van der Waals surface area contributed by atoms with E-state index in [0.717, 1.165) is 0 Å².